The Hall–Kier alpha value is -2.80. The number of nitrogens with one attached hydrogen (secondary N) is 1. The van der Waals surface area contributed by atoms with Gasteiger partial charge < -0.3 is 20.2 Å². The molecule has 1 saturated heterocycles. The molecular weight excluding hydrogens is 368 g/mol. The molecule has 1 atom stereocenters. The quantitative estimate of drug-likeness (QED) is 0.838. The van der Waals surface area contributed by atoms with Crippen LogP contribution in [0, 0.1) is 0 Å². The molecule has 2 amide bonds. The van der Waals surface area contributed by atoms with Crippen LogP contribution in [0.2, 0.25) is 0 Å². The summed E-state index contributed by atoms with van der Waals surface area (Å²) >= 11 is 0. The number of pyridine rings is 1. The van der Waals surface area contributed by atoms with Crippen LogP contribution in [0.4, 0.5) is 16.2 Å². The Balaban J connectivity index is 0.00000261. The summed E-state index contributed by atoms with van der Waals surface area (Å²) in [6.45, 7) is 4.39. The molecule has 8 heteroatoms. The van der Waals surface area contributed by atoms with E-state index in [9.17, 15) is 9.59 Å². The summed E-state index contributed by atoms with van der Waals surface area (Å²) in [5.41, 5.74) is 2.38. The SMILES string of the molecule is CC(C(=O)O)c1cccc(NC(=O)N2CCN(c3ccncc3)CC2)c1.Cl. The topological polar surface area (TPSA) is 85.8 Å². The Morgan fingerprint density at radius 1 is 1.11 bits per heavy atom. The Bertz CT molecular complexity index is 780. The number of hydrogen-bond acceptors (Lipinski definition) is 4. The van der Waals surface area contributed by atoms with Gasteiger partial charge in [-0.2, -0.15) is 0 Å². The zero-order valence-corrected chi connectivity index (χ0v) is 15.9. The fraction of sp³-hybridized carbons (Fsp3) is 0.316. The van der Waals surface area contributed by atoms with Gasteiger partial charge in [0.2, 0.25) is 0 Å². The first kappa shape index (κ1) is 20.5. The minimum absolute atomic E-state index is 0. The lowest BCUT2D eigenvalue weighted by molar-refractivity contribution is -0.138. The van der Waals surface area contributed by atoms with Crippen molar-refractivity contribution < 1.29 is 14.7 Å². The summed E-state index contributed by atoms with van der Waals surface area (Å²) in [5.74, 6) is -1.50. The first-order chi connectivity index (χ1) is 12.5. The highest BCUT2D eigenvalue weighted by molar-refractivity contribution is 5.90. The van der Waals surface area contributed by atoms with E-state index < -0.39 is 11.9 Å². The predicted octanol–water partition coefficient (Wildman–Crippen LogP) is 3.05. The maximum absolute atomic E-state index is 12.5. The van der Waals surface area contributed by atoms with Crippen molar-refractivity contribution in [1.82, 2.24) is 9.88 Å². The van der Waals surface area contributed by atoms with Gasteiger partial charge in [-0.3, -0.25) is 9.78 Å². The van der Waals surface area contributed by atoms with Gasteiger partial charge in [-0.1, -0.05) is 12.1 Å². The standard InChI is InChI=1S/C19H22N4O3.ClH/c1-14(18(24)25)15-3-2-4-16(13-15)21-19(26)23-11-9-22(10-12-23)17-5-7-20-8-6-17;/h2-8,13-14H,9-12H2,1H3,(H,21,26)(H,24,25);1H. The lowest BCUT2D eigenvalue weighted by atomic mass is 10.0. The summed E-state index contributed by atoms with van der Waals surface area (Å²) < 4.78 is 0. The third-order valence-electron chi connectivity index (χ3n) is 4.60. The molecule has 27 heavy (non-hydrogen) atoms. The molecule has 1 fully saturated rings. The number of aromatic nitrogens is 1. The summed E-state index contributed by atoms with van der Waals surface area (Å²) in [4.78, 5) is 31.6. The molecule has 3 rings (SSSR count). The Labute approximate surface area is 164 Å². The fourth-order valence-corrected chi connectivity index (χ4v) is 2.95. The van der Waals surface area contributed by atoms with Crippen molar-refractivity contribution in [2.75, 3.05) is 36.4 Å². The van der Waals surface area contributed by atoms with Crippen LogP contribution in [-0.2, 0) is 4.79 Å². The maximum atomic E-state index is 12.5. The van der Waals surface area contributed by atoms with Crippen LogP contribution < -0.4 is 10.2 Å². The number of carboxylic acids is 1. The number of benzene rings is 1. The number of anilines is 2. The van der Waals surface area contributed by atoms with E-state index >= 15 is 0 Å². The maximum Gasteiger partial charge on any atom is 0.321 e. The van der Waals surface area contributed by atoms with Gasteiger partial charge >= 0.3 is 12.0 Å². The molecular formula is C19H23ClN4O3. The van der Waals surface area contributed by atoms with Crippen molar-refractivity contribution in [1.29, 1.82) is 0 Å². The van der Waals surface area contributed by atoms with Gasteiger partial charge in [0, 0.05) is 49.9 Å². The average Bonchev–Trinajstić information content (AvgIpc) is 2.68. The molecule has 144 valence electrons. The number of carbonyl (C=O) groups excluding carboxylic acids is 1. The molecule has 1 aliphatic heterocycles. The van der Waals surface area contributed by atoms with Crippen LogP contribution in [0.3, 0.4) is 0 Å². The van der Waals surface area contributed by atoms with Gasteiger partial charge in [0.05, 0.1) is 5.92 Å². The van der Waals surface area contributed by atoms with Crippen molar-refractivity contribution in [3.05, 3.63) is 54.4 Å². The molecule has 0 radical (unpaired) electrons. The van der Waals surface area contributed by atoms with Crippen LogP contribution in [0.25, 0.3) is 0 Å². The molecule has 1 aliphatic rings. The largest absolute Gasteiger partial charge is 0.481 e. The summed E-state index contributed by atoms with van der Waals surface area (Å²) in [5, 5.41) is 12.0. The first-order valence-corrected chi connectivity index (χ1v) is 8.58. The van der Waals surface area contributed by atoms with Crippen LogP contribution >= 0.6 is 12.4 Å². The van der Waals surface area contributed by atoms with Crippen LogP contribution in [0.5, 0.6) is 0 Å². The van der Waals surface area contributed by atoms with Gasteiger partial charge in [0.1, 0.15) is 0 Å². The lowest BCUT2D eigenvalue weighted by Crippen LogP contribution is -2.50. The lowest BCUT2D eigenvalue weighted by Gasteiger charge is -2.36. The van der Waals surface area contributed by atoms with Crippen molar-refractivity contribution in [2.24, 2.45) is 0 Å². The number of hydrogen-bond donors (Lipinski definition) is 2. The number of urea groups is 1. The number of amides is 2. The average molecular weight is 391 g/mol. The van der Waals surface area contributed by atoms with E-state index in [0.29, 0.717) is 24.3 Å². The van der Waals surface area contributed by atoms with Gasteiger partial charge in [-0.15, -0.1) is 12.4 Å². The van der Waals surface area contributed by atoms with E-state index in [4.69, 9.17) is 5.11 Å². The highest BCUT2D eigenvalue weighted by atomic mass is 35.5. The highest BCUT2D eigenvalue weighted by Crippen LogP contribution is 2.20. The highest BCUT2D eigenvalue weighted by Gasteiger charge is 2.21. The Morgan fingerprint density at radius 3 is 2.41 bits per heavy atom. The molecule has 0 saturated carbocycles. The number of piperazine rings is 1. The second kappa shape index (κ2) is 9.23. The number of carbonyl (C=O) groups is 2. The summed E-state index contributed by atoms with van der Waals surface area (Å²) in [6, 6.07) is 10.7. The first-order valence-electron chi connectivity index (χ1n) is 8.58. The molecule has 0 spiro atoms. The van der Waals surface area contributed by atoms with Gasteiger partial charge in [0.25, 0.3) is 0 Å². The normalized spacial score (nSPS) is 14.9. The van der Waals surface area contributed by atoms with Gasteiger partial charge in [-0.25, -0.2) is 4.79 Å². The van der Waals surface area contributed by atoms with Crippen molar-refractivity contribution >= 4 is 35.8 Å². The predicted molar refractivity (Wildman–Crippen MR) is 107 cm³/mol. The molecule has 7 nitrogen and oxygen atoms in total. The zero-order valence-electron chi connectivity index (χ0n) is 15.0. The third kappa shape index (κ3) is 5.10. The van der Waals surface area contributed by atoms with E-state index in [1.807, 2.05) is 12.1 Å². The van der Waals surface area contributed by atoms with Crippen LogP contribution in [0.15, 0.2) is 48.8 Å². The van der Waals surface area contributed by atoms with Crippen LogP contribution in [0.1, 0.15) is 18.4 Å². The van der Waals surface area contributed by atoms with E-state index in [1.54, 1.807) is 48.5 Å². The number of nitrogens with zero attached hydrogens (tertiary/aromatic N) is 3. The monoisotopic (exact) mass is 390 g/mol. The van der Waals surface area contributed by atoms with E-state index in [0.717, 1.165) is 18.8 Å². The van der Waals surface area contributed by atoms with Crippen LogP contribution in [-0.4, -0.2) is 53.2 Å². The van der Waals surface area contributed by atoms with E-state index in [-0.39, 0.29) is 18.4 Å². The third-order valence-corrected chi connectivity index (χ3v) is 4.60. The molecule has 1 unspecified atom stereocenters. The van der Waals surface area contributed by atoms with Gasteiger partial charge in [0.15, 0.2) is 0 Å². The second-order valence-corrected chi connectivity index (χ2v) is 6.30. The Kier molecular flexibility index (Phi) is 7.01. The fourth-order valence-electron chi connectivity index (χ4n) is 2.95. The summed E-state index contributed by atoms with van der Waals surface area (Å²) in [6.07, 6.45) is 3.53. The molecule has 2 aromatic rings. The Morgan fingerprint density at radius 2 is 1.78 bits per heavy atom. The minimum atomic E-state index is -0.888. The number of carboxylic acid groups (broad SMARTS) is 1. The smallest absolute Gasteiger partial charge is 0.321 e. The molecule has 0 aliphatic carbocycles. The molecule has 2 N–H and O–H groups in total. The van der Waals surface area contributed by atoms with Crippen molar-refractivity contribution in [3.8, 4) is 0 Å². The number of rotatable bonds is 4. The molecule has 1 aromatic heterocycles. The van der Waals surface area contributed by atoms with E-state index in [1.165, 1.54) is 0 Å². The number of halogens is 1. The van der Waals surface area contributed by atoms with Crippen molar-refractivity contribution in [3.63, 3.8) is 0 Å². The molecule has 0 bridgehead atoms. The molecule has 2 heterocycles. The number of aliphatic carboxylic acids is 1. The molecule has 1 aromatic carbocycles. The zero-order chi connectivity index (χ0) is 18.5. The van der Waals surface area contributed by atoms with Gasteiger partial charge in [-0.05, 0) is 36.8 Å². The second-order valence-electron chi connectivity index (χ2n) is 6.30. The minimum Gasteiger partial charge on any atom is -0.481 e. The summed E-state index contributed by atoms with van der Waals surface area (Å²) in [7, 11) is 0. The van der Waals surface area contributed by atoms with E-state index in [2.05, 4.69) is 15.2 Å². The van der Waals surface area contributed by atoms with Crippen molar-refractivity contribution in [2.45, 2.75) is 12.8 Å².